The van der Waals surface area contributed by atoms with E-state index in [-0.39, 0.29) is 229 Å². The molecule has 0 aliphatic heterocycles. The van der Waals surface area contributed by atoms with Crippen LogP contribution in [-0.4, -0.2) is 15.0 Å². The van der Waals surface area contributed by atoms with Crippen LogP contribution in [-0.2, 0) is 240 Å². The predicted molar refractivity (Wildman–Crippen MR) is 14.8 cm³/mol. The monoisotopic (exact) mass is 701 g/mol. The summed E-state index contributed by atoms with van der Waals surface area (Å²) in [4.78, 5) is 0. The minimum Gasteiger partial charge on any atom is -0.773 e. The van der Waals surface area contributed by atoms with Crippen LogP contribution >= 0.6 is 0 Å². The van der Waals surface area contributed by atoms with Crippen LogP contribution in [0.5, 0.6) is 0 Å². The quantitative estimate of drug-likeness (QED) is 0.320. The molecule has 0 aromatic carbocycles. The molecule has 0 bridgehead atoms. The van der Waals surface area contributed by atoms with Gasteiger partial charge in [0, 0.05) is 229 Å². The summed E-state index contributed by atoms with van der Waals surface area (Å²) in [5.41, 5.74) is 0. The fraction of sp³-hybridized carbons (Fsp3) is 1.00. The maximum atomic E-state index is 9.00. The van der Waals surface area contributed by atoms with Crippen LogP contribution in [0.1, 0.15) is 0 Å². The molecule has 11 heavy (non-hydrogen) atoms. The molecule has 0 amide bonds. The van der Waals surface area contributed by atoms with Gasteiger partial charge in [-0.1, -0.05) is 11.1 Å². The molecule has 0 saturated heterocycles. The molecule has 1 atom stereocenters. The summed E-state index contributed by atoms with van der Waals surface area (Å²) in [6.07, 6.45) is 1.08. The number of hydrogen-bond acceptors (Lipinski definition) is 2. The molecular formula is CH3O2SY7-. The van der Waals surface area contributed by atoms with E-state index >= 15 is 0 Å². The van der Waals surface area contributed by atoms with E-state index in [9.17, 15) is 0 Å². The average molecular weight is 701 g/mol. The van der Waals surface area contributed by atoms with E-state index in [0.29, 0.717) is 0 Å². The number of rotatable bonds is 0. The van der Waals surface area contributed by atoms with Crippen LogP contribution in [0.25, 0.3) is 0 Å². The summed E-state index contributed by atoms with van der Waals surface area (Å²) in [5.74, 6) is 0. The first-order valence-corrected chi connectivity index (χ1v) is 2.22. The SMILES string of the molecule is CS(=O)[O-].[Y].[Y].[Y].[Y].[Y].[Y].[Y]. The van der Waals surface area contributed by atoms with Crippen LogP contribution < -0.4 is 0 Å². The molecule has 0 heterocycles. The fourth-order valence-corrected chi connectivity index (χ4v) is 0. The summed E-state index contributed by atoms with van der Waals surface area (Å²) < 4.78 is 18.0. The molecule has 2 nitrogen and oxygen atoms in total. The second kappa shape index (κ2) is 43.1. The molecule has 0 aromatic rings. The van der Waals surface area contributed by atoms with E-state index in [2.05, 4.69) is 0 Å². The van der Waals surface area contributed by atoms with Gasteiger partial charge in [-0.2, -0.15) is 0 Å². The van der Waals surface area contributed by atoms with Gasteiger partial charge in [-0.25, -0.2) is 0 Å². The van der Waals surface area contributed by atoms with E-state index in [1.54, 1.807) is 0 Å². The molecule has 0 saturated carbocycles. The van der Waals surface area contributed by atoms with Gasteiger partial charge in [0.15, 0.2) is 0 Å². The Morgan fingerprint density at radius 1 is 0.818 bits per heavy atom. The molecule has 7 radical (unpaired) electrons. The van der Waals surface area contributed by atoms with E-state index in [4.69, 9.17) is 8.76 Å². The zero-order chi connectivity index (χ0) is 3.58. The summed E-state index contributed by atoms with van der Waals surface area (Å²) in [6, 6.07) is 0. The van der Waals surface area contributed by atoms with Gasteiger partial charge in [0.1, 0.15) is 0 Å². The first-order chi connectivity index (χ1) is 1.73. The van der Waals surface area contributed by atoms with Crippen molar-refractivity contribution in [3.8, 4) is 0 Å². The summed E-state index contributed by atoms with van der Waals surface area (Å²) >= 11 is -1.86. The maximum Gasteiger partial charge on any atom is 0 e. The third kappa shape index (κ3) is 72.8. The van der Waals surface area contributed by atoms with Crippen molar-refractivity contribution in [2.24, 2.45) is 0 Å². The molecule has 0 fully saturated rings. The van der Waals surface area contributed by atoms with Crippen LogP contribution in [0.15, 0.2) is 0 Å². The summed E-state index contributed by atoms with van der Waals surface area (Å²) in [7, 11) is 0. The third-order valence-electron chi connectivity index (χ3n) is 0. The van der Waals surface area contributed by atoms with Crippen molar-refractivity contribution in [2.75, 3.05) is 6.26 Å². The van der Waals surface area contributed by atoms with E-state index in [0.717, 1.165) is 6.26 Å². The van der Waals surface area contributed by atoms with Gasteiger partial charge in [-0.15, -0.1) is 0 Å². The topological polar surface area (TPSA) is 40.1 Å². The Morgan fingerprint density at radius 3 is 0.818 bits per heavy atom. The molecule has 0 aliphatic rings. The van der Waals surface area contributed by atoms with Crippen molar-refractivity contribution in [3.05, 3.63) is 0 Å². The first-order valence-electron chi connectivity index (χ1n) is 0.742. The predicted octanol–water partition coefficient (Wildman–Crippen LogP) is -0.522. The van der Waals surface area contributed by atoms with Crippen LogP contribution in [0, 0.1) is 0 Å². The van der Waals surface area contributed by atoms with Gasteiger partial charge in [-0.05, 0) is 6.26 Å². The number of hydrogen-bond donors (Lipinski definition) is 0. The summed E-state index contributed by atoms with van der Waals surface area (Å²) in [5, 5.41) is 0. The average Bonchev–Trinajstić information content (AvgIpc) is 0.811. The Balaban J connectivity index is -0.00000000214. The molecule has 0 aromatic heterocycles. The smallest absolute Gasteiger partial charge is 0 e. The largest absolute Gasteiger partial charge is 0.773 e. The zero-order valence-electron chi connectivity index (χ0n) is 6.27. The second-order valence-corrected chi connectivity index (χ2v) is 1.20. The van der Waals surface area contributed by atoms with Gasteiger partial charge in [0.05, 0.1) is 0 Å². The fourth-order valence-electron chi connectivity index (χ4n) is 0. The molecule has 10 heteroatoms. The maximum absolute atomic E-state index is 9.00. The van der Waals surface area contributed by atoms with Crippen molar-refractivity contribution in [1.82, 2.24) is 0 Å². The standard InChI is InChI=1S/CH4O2S.7Y/c1-4(2)3;;;;;;;/h1H3,(H,2,3);;;;;;;/p-1. The molecule has 47 valence electrons. The normalized spacial score (nSPS) is 5.64. The van der Waals surface area contributed by atoms with E-state index < -0.39 is 11.1 Å². The third-order valence-corrected chi connectivity index (χ3v) is 0. The van der Waals surface area contributed by atoms with Gasteiger partial charge in [-0.3, -0.25) is 4.21 Å². The van der Waals surface area contributed by atoms with Crippen molar-refractivity contribution in [1.29, 1.82) is 0 Å². The van der Waals surface area contributed by atoms with E-state index in [1.165, 1.54) is 0 Å². The van der Waals surface area contributed by atoms with Crippen molar-refractivity contribution >= 4 is 11.1 Å². The van der Waals surface area contributed by atoms with Crippen molar-refractivity contribution in [2.45, 2.75) is 0 Å². The van der Waals surface area contributed by atoms with Gasteiger partial charge in [0.2, 0.25) is 0 Å². The first kappa shape index (κ1) is 51.0. The minimum absolute atomic E-state index is 0. The Kier molecular flexibility index (Phi) is 200. The van der Waals surface area contributed by atoms with E-state index in [1.807, 2.05) is 0 Å². The van der Waals surface area contributed by atoms with Crippen LogP contribution in [0.2, 0.25) is 0 Å². The van der Waals surface area contributed by atoms with Crippen molar-refractivity contribution < 1.29 is 238 Å². The van der Waals surface area contributed by atoms with Gasteiger partial charge in [0.25, 0.3) is 0 Å². The molecule has 0 spiro atoms. The summed E-state index contributed by atoms with van der Waals surface area (Å²) in [6.45, 7) is 0. The Labute approximate surface area is 247 Å². The molecule has 0 N–H and O–H groups in total. The molecule has 0 rings (SSSR count). The minimum atomic E-state index is -1.86. The van der Waals surface area contributed by atoms with Crippen molar-refractivity contribution in [3.63, 3.8) is 0 Å². The Morgan fingerprint density at radius 2 is 0.818 bits per heavy atom. The zero-order valence-corrected chi connectivity index (χ0v) is 27.0. The van der Waals surface area contributed by atoms with Gasteiger partial charge >= 0.3 is 0 Å². The Bertz CT molecular complexity index is 39.4. The molecule has 1 unspecified atom stereocenters. The molecule has 0 aliphatic carbocycles. The Hall–Kier alpha value is 7.84. The molecular weight excluding hydrogens is 698 g/mol. The van der Waals surface area contributed by atoms with Crippen LogP contribution in [0.4, 0.5) is 0 Å². The second-order valence-electron chi connectivity index (χ2n) is 0.401. The van der Waals surface area contributed by atoms with Gasteiger partial charge < -0.3 is 4.55 Å². The van der Waals surface area contributed by atoms with Crippen LogP contribution in [0.3, 0.4) is 0 Å².